The molecule has 37 heavy (non-hydrogen) atoms. The molecule has 1 saturated carbocycles. The largest absolute Gasteiger partial charge is 0.586 e. The van der Waals surface area contributed by atoms with Gasteiger partial charge in [-0.1, -0.05) is 46.1 Å². The summed E-state index contributed by atoms with van der Waals surface area (Å²) in [6, 6.07) is 11.5. The second-order valence-electron chi connectivity index (χ2n) is 10.5. The number of ether oxygens (including phenoxy) is 3. The minimum atomic E-state index is -3.66. The number of carbonyl (C=O) groups excluding carboxylic acids is 1. The highest BCUT2D eigenvalue weighted by molar-refractivity contribution is 5.78. The molecule has 1 aliphatic carbocycles. The number of benzene rings is 2. The number of fused-ring (bicyclic) bond motifs is 1. The molecule has 0 radical (unpaired) electrons. The van der Waals surface area contributed by atoms with Crippen LogP contribution in [0.1, 0.15) is 77.2 Å². The molecule has 1 fully saturated rings. The SMILES string of the molecule is CCC(CC(=O)OC)c1ccc(N(CC(C)C)C2CCCCC2)c(Nc2ccc3c(c2)OC(F)(F)O3)c1. The van der Waals surface area contributed by atoms with Crippen LogP contribution in [-0.4, -0.2) is 32.0 Å². The van der Waals surface area contributed by atoms with Crippen molar-refractivity contribution in [3.05, 3.63) is 42.0 Å². The van der Waals surface area contributed by atoms with E-state index in [0.717, 1.165) is 42.7 Å². The van der Waals surface area contributed by atoms with Gasteiger partial charge in [-0.15, -0.1) is 8.78 Å². The second kappa shape index (κ2) is 11.6. The van der Waals surface area contributed by atoms with Crippen LogP contribution in [0.3, 0.4) is 0 Å². The fourth-order valence-electron chi connectivity index (χ4n) is 5.35. The van der Waals surface area contributed by atoms with E-state index in [2.05, 4.69) is 58.7 Å². The quantitative estimate of drug-likeness (QED) is 0.328. The fourth-order valence-corrected chi connectivity index (χ4v) is 5.35. The summed E-state index contributed by atoms with van der Waals surface area (Å²) in [7, 11) is 1.41. The summed E-state index contributed by atoms with van der Waals surface area (Å²) in [4.78, 5) is 14.6. The predicted octanol–water partition coefficient (Wildman–Crippen LogP) is 7.60. The molecule has 2 aromatic rings. The summed E-state index contributed by atoms with van der Waals surface area (Å²) in [5.74, 6) is 0.231. The standard InChI is InChI=1S/C29H38F2N2O4/c1-5-20(16-28(34)35-4)21-11-13-25(33(18-19(2)3)23-9-7-6-8-10-23)24(15-21)32-22-12-14-26-27(17-22)37-29(30,31)36-26/h11-15,17,19-20,23,32H,5-10,16,18H2,1-4H3. The Labute approximate surface area is 218 Å². The second-order valence-corrected chi connectivity index (χ2v) is 10.5. The molecular formula is C29H38F2N2O4. The van der Waals surface area contributed by atoms with Crippen LogP contribution >= 0.6 is 0 Å². The lowest BCUT2D eigenvalue weighted by Crippen LogP contribution is -2.39. The van der Waals surface area contributed by atoms with Gasteiger partial charge in [-0.05, 0) is 60.9 Å². The van der Waals surface area contributed by atoms with Crippen molar-refractivity contribution in [2.24, 2.45) is 5.92 Å². The van der Waals surface area contributed by atoms with E-state index in [-0.39, 0.29) is 23.4 Å². The minimum absolute atomic E-state index is 0.00357. The minimum Gasteiger partial charge on any atom is -0.469 e. The first-order chi connectivity index (χ1) is 17.7. The Morgan fingerprint density at radius 3 is 2.51 bits per heavy atom. The number of anilines is 3. The highest BCUT2D eigenvalue weighted by Crippen LogP contribution is 2.44. The van der Waals surface area contributed by atoms with E-state index < -0.39 is 6.29 Å². The molecule has 1 atom stereocenters. The highest BCUT2D eigenvalue weighted by atomic mass is 19.3. The summed E-state index contributed by atoms with van der Waals surface area (Å²) in [5.41, 5.74) is 3.59. The average molecular weight is 517 g/mol. The molecule has 0 saturated heterocycles. The molecule has 8 heteroatoms. The van der Waals surface area contributed by atoms with Crippen molar-refractivity contribution in [2.45, 2.75) is 84.0 Å². The van der Waals surface area contributed by atoms with Crippen LogP contribution in [0.5, 0.6) is 11.5 Å². The van der Waals surface area contributed by atoms with Gasteiger partial charge in [0.05, 0.1) is 24.9 Å². The van der Waals surface area contributed by atoms with Gasteiger partial charge in [-0.3, -0.25) is 4.79 Å². The van der Waals surface area contributed by atoms with E-state index in [0.29, 0.717) is 24.1 Å². The van der Waals surface area contributed by atoms with Crippen molar-refractivity contribution in [3.8, 4) is 11.5 Å². The number of halogens is 2. The Bertz CT molecular complexity index is 1090. The number of nitrogens with zero attached hydrogens (tertiary/aromatic N) is 1. The number of carbonyl (C=O) groups is 1. The Morgan fingerprint density at radius 1 is 1.11 bits per heavy atom. The molecular weight excluding hydrogens is 478 g/mol. The van der Waals surface area contributed by atoms with Crippen molar-refractivity contribution in [1.29, 1.82) is 0 Å². The summed E-state index contributed by atoms with van der Waals surface area (Å²) >= 11 is 0. The zero-order chi connectivity index (χ0) is 26.6. The summed E-state index contributed by atoms with van der Waals surface area (Å²) in [5, 5.41) is 3.47. The lowest BCUT2D eigenvalue weighted by molar-refractivity contribution is -0.286. The van der Waals surface area contributed by atoms with E-state index in [4.69, 9.17) is 4.74 Å². The van der Waals surface area contributed by atoms with Crippen molar-refractivity contribution in [1.82, 2.24) is 0 Å². The number of esters is 1. The maximum atomic E-state index is 13.6. The third-order valence-electron chi connectivity index (χ3n) is 7.19. The molecule has 6 nitrogen and oxygen atoms in total. The fraction of sp³-hybridized carbons (Fsp3) is 0.552. The Morgan fingerprint density at radius 2 is 1.84 bits per heavy atom. The Balaban J connectivity index is 1.72. The van der Waals surface area contributed by atoms with E-state index in [1.54, 1.807) is 6.07 Å². The van der Waals surface area contributed by atoms with Gasteiger partial charge in [-0.2, -0.15) is 0 Å². The summed E-state index contributed by atoms with van der Waals surface area (Å²) in [6.07, 6.45) is 3.41. The number of alkyl halides is 2. The number of methoxy groups -OCH3 is 1. The maximum Gasteiger partial charge on any atom is 0.586 e. The van der Waals surface area contributed by atoms with Gasteiger partial charge in [0.15, 0.2) is 11.5 Å². The van der Waals surface area contributed by atoms with Crippen molar-refractivity contribution >= 4 is 23.0 Å². The van der Waals surface area contributed by atoms with E-state index in [9.17, 15) is 13.6 Å². The van der Waals surface area contributed by atoms with Crippen molar-refractivity contribution in [3.63, 3.8) is 0 Å². The van der Waals surface area contributed by atoms with Crippen LogP contribution < -0.4 is 19.7 Å². The Kier molecular flexibility index (Phi) is 8.45. The predicted molar refractivity (Wildman–Crippen MR) is 141 cm³/mol. The first kappa shape index (κ1) is 27.0. The number of nitrogens with one attached hydrogen (secondary N) is 1. The lowest BCUT2D eigenvalue weighted by atomic mass is 9.90. The normalized spacial score (nSPS) is 17.5. The monoisotopic (exact) mass is 516 g/mol. The van der Waals surface area contributed by atoms with Crippen LogP contribution in [0.4, 0.5) is 25.8 Å². The highest BCUT2D eigenvalue weighted by Gasteiger charge is 2.43. The molecule has 0 aromatic heterocycles. The third-order valence-corrected chi connectivity index (χ3v) is 7.19. The molecule has 202 valence electrons. The molecule has 0 bridgehead atoms. The number of hydrogen-bond acceptors (Lipinski definition) is 6. The van der Waals surface area contributed by atoms with Crippen molar-refractivity contribution < 1.29 is 27.8 Å². The maximum absolute atomic E-state index is 13.6. The first-order valence-corrected chi connectivity index (χ1v) is 13.3. The molecule has 2 aromatic carbocycles. The van der Waals surface area contributed by atoms with Gasteiger partial charge in [0, 0.05) is 24.3 Å². The molecule has 4 rings (SSSR count). The van der Waals surface area contributed by atoms with Crippen LogP contribution in [0.25, 0.3) is 0 Å². The van der Waals surface area contributed by atoms with Gasteiger partial charge in [0.1, 0.15) is 0 Å². The summed E-state index contributed by atoms with van der Waals surface area (Å²) < 4.78 is 41.4. The van der Waals surface area contributed by atoms with Crippen LogP contribution in [0.15, 0.2) is 36.4 Å². The zero-order valence-corrected chi connectivity index (χ0v) is 22.2. The van der Waals surface area contributed by atoms with E-state index in [1.165, 1.54) is 38.5 Å². The molecule has 0 spiro atoms. The third kappa shape index (κ3) is 6.65. The van der Waals surface area contributed by atoms with Gasteiger partial charge < -0.3 is 24.4 Å². The molecule has 1 heterocycles. The van der Waals surface area contributed by atoms with Gasteiger partial charge >= 0.3 is 12.3 Å². The van der Waals surface area contributed by atoms with E-state index in [1.807, 2.05) is 0 Å². The molecule has 2 aliphatic rings. The average Bonchev–Trinajstić information content (AvgIpc) is 3.19. The van der Waals surface area contributed by atoms with Crippen LogP contribution in [0.2, 0.25) is 0 Å². The smallest absolute Gasteiger partial charge is 0.469 e. The van der Waals surface area contributed by atoms with Gasteiger partial charge in [-0.25, -0.2) is 0 Å². The number of rotatable bonds is 10. The van der Waals surface area contributed by atoms with Crippen LogP contribution in [-0.2, 0) is 9.53 Å². The molecule has 0 amide bonds. The van der Waals surface area contributed by atoms with E-state index >= 15 is 0 Å². The molecule has 1 unspecified atom stereocenters. The molecule has 1 N–H and O–H groups in total. The first-order valence-electron chi connectivity index (χ1n) is 13.3. The summed E-state index contributed by atoms with van der Waals surface area (Å²) in [6.45, 7) is 7.41. The zero-order valence-electron chi connectivity index (χ0n) is 22.2. The number of hydrogen-bond donors (Lipinski definition) is 1. The van der Waals surface area contributed by atoms with Crippen LogP contribution in [0, 0.1) is 5.92 Å². The van der Waals surface area contributed by atoms with Crippen molar-refractivity contribution in [2.75, 3.05) is 23.9 Å². The topological polar surface area (TPSA) is 60.0 Å². The van der Waals surface area contributed by atoms with Gasteiger partial charge in [0.2, 0.25) is 0 Å². The van der Waals surface area contributed by atoms with Gasteiger partial charge in [0.25, 0.3) is 0 Å². The Hall–Kier alpha value is -3.03. The molecule has 1 aliphatic heterocycles. The lowest BCUT2D eigenvalue weighted by Gasteiger charge is -2.39.